The number of pyridine rings is 1. The highest BCUT2D eigenvalue weighted by Gasteiger charge is 2.37. The first-order valence-electron chi connectivity index (χ1n) is 12.1. The number of fused-ring (bicyclic) bond motifs is 4. The van der Waals surface area contributed by atoms with Crippen molar-refractivity contribution in [2.75, 3.05) is 18.4 Å². The summed E-state index contributed by atoms with van der Waals surface area (Å²) in [6.07, 6.45) is 5.93. The third-order valence-corrected chi connectivity index (χ3v) is 7.48. The van der Waals surface area contributed by atoms with E-state index in [0.29, 0.717) is 30.9 Å². The van der Waals surface area contributed by atoms with E-state index in [0.717, 1.165) is 37.8 Å². The van der Waals surface area contributed by atoms with Crippen LogP contribution < -0.4 is 10.9 Å². The predicted molar refractivity (Wildman–Crippen MR) is 126 cm³/mol. The summed E-state index contributed by atoms with van der Waals surface area (Å²) < 4.78 is 1.77. The summed E-state index contributed by atoms with van der Waals surface area (Å²) in [7, 11) is 0. The monoisotopic (exact) mass is 463 g/mol. The van der Waals surface area contributed by atoms with Gasteiger partial charge in [0.05, 0.1) is 5.56 Å². The van der Waals surface area contributed by atoms with Crippen LogP contribution in [-0.4, -0.2) is 45.4 Å². The normalized spacial score (nSPS) is 22.1. The minimum Gasteiger partial charge on any atom is -0.478 e. The van der Waals surface area contributed by atoms with Crippen LogP contribution in [0.4, 0.5) is 5.69 Å². The van der Waals surface area contributed by atoms with E-state index in [1.54, 1.807) is 27.7 Å². The summed E-state index contributed by atoms with van der Waals surface area (Å²) in [6.45, 7) is 1.48. The lowest BCUT2D eigenvalue weighted by Crippen LogP contribution is -2.49. The van der Waals surface area contributed by atoms with E-state index in [9.17, 15) is 24.3 Å². The number of rotatable bonds is 4. The number of anilines is 1. The number of nitrogens with one attached hydrogen (secondary N) is 1. The molecule has 1 aromatic carbocycles. The fraction of sp³-hybridized carbons (Fsp3) is 0.462. The molecule has 8 heteroatoms. The Morgan fingerprint density at radius 3 is 2.47 bits per heavy atom. The average Bonchev–Trinajstić information content (AvgIpc) is 2.86. The molecule has 2 amide bonds. The molecule has 3 aliphatic rings. The van der Waals surface area contributed by atoms with Crippen molar-refractivity contribution in [3.63, 3.8) is 0 Å². The standard InChI is InChI=1S/C26H29N3O5/c30-23(17-5-2-1-3-6-17)27-21-9-10-22-20-11-16(14-29(22)25(21)32)13-28(15-20)24(31)18-7-4-8-19(12-18)26(33)34/h4,7-10,12,16-17,20H,1-3,5-6,11,13-15H2,(H,27,30)(H,33,34)/t16-,20-/m1/s1. The van der Waals surface area contributed by atoms with E-state index >= 15 is 0 Å². The number of carbonyl (C=O) groups excluding carboxylic acids is 2. The maximum atomic E-state index is 13.2. The molecule has 5 rings (SSSR count). The number of carbonyl (C=O) groups is 3. The number of carboxylic acid groups (broad SMARTS) is 1. The van der Waals surface area contributed by atoms with Crippen LogP contribution >= 0.6 is 0 Å². The molecule has 8 nitrogen and oxygen atoms in total. The first-order valence-corrected chi connectivity index (χ1v) is 12.1. The van der Waals surface area contributed by atoms with E-state index in [-0.39, 0.29) is 40.7 Å². The Bertz CT molecular complexity index is 1200. The Morgan fingerprint density at radius 2 is 1.71 bits per heavy atom. The largest absolute Gasteiger partial charge is 0.478 e. The van der Waals surface area contributed by atoms with Crippen molar-refractivity contribution in [3.8, 4) is 0 Å². The minimum absolute atomic E-state index is 0.0206. The van der Waals surface area contributed by atoms with Crippen LogP contribution in [0.1, 0.15) is 70.9 Å². The van der Waals surface area contributed by atoms with Crippen molar-refractivity contribution in [1.82, 2.24) is 9.47 Å². The first kappa shape index (κ1) is 22.4. The lowest BCUT2D eigenvalue weighted by atomic mass is 9.83. The Hall–Kier alpha value is -3.42. The Balaban J connectivity index is 1.34. The van der Waals surface area contributed by atoms with Gasteiger partial charge < -0.3 is 19.9 Å². The van der Waals surface area contributed by atoms with Crippen LogP contribution in [0.5, 0.6) is 0 Å². The van der Waals surface area contributed by atoms with Gasteiger partial charge in [-0.15, -0.1) is 0 Å². The molecule has 2 aliphatic heterocycles. The molecule has 2 fully saturated rings. The zero-order valence-electron chi connectivity index (χ0n) is 19.0. The number of likely N-dealkylation sites (tertiary alicyclic amines) is 1. The molecule has 178 valence electrons. The smallest absolute Gasteiger partial charge is 0.335 e. The number of carboxylic acids is 1. The molecule has 1 saturated carbocycles. The Morgan fingerprint density at radius 1 is 0.941 bits per heavy atom. The van der Waals surface area contributed by atoms with Crippen molar-refractivity contribution in [2.24, 2.45) is 11.8 Å². The number of aromatic nitrogens is 1. The number of piperidine rings is 1. The van der Waals surface area contributed by atoms with Gasteiger partial charge in [0.25, 0.3) is 11.5 Å². The van der Waals surface area contributed by atoms with Gasteiger partial charge in [-0.3, -0.25) is 14.4 Å². The second-order valence-corrected chi connectivity index (χ2v) is 9.81. The molecule has 1 saturated heterocycles. The van der Waals surface area contributed by atoms with Gasteiger partial charge in [0, 0.05) is 42.7 Å². The second-order valence-electron chi connectivity index (χ2n) is 9.81. The molecule has 3 heterocycles. The van der Waals surface area contributed by atoms with Gasteiger partial charge in [-0.25, -0.2) is 4.79 Å². The van der Waals surface area contributed by atoms with E-state index in [1.807, 2.05) is 6.07 Å². The Labute approximate surface area is 197 Å². The SMILES string of the molecule is O=C(O)c1cccc(C(=O)N2C[C@H]3C[C@H](C2)c2ccc(NC(=O)C4CCCCC4)c(=O)n2C3)c1. The fourth-order valence-electron chi connectivity index (χ4n) is 5.77. The van der Waals surface area contributed by atoms with Crippen molar-refractivity contribution >= 4 is 23.5 Å². The average molecular weight is 464 g/mol. The molecule has 2 atom stereocenters. The van der Waals surface area contributed by atoms with Gasteiger partial charge >= 0.3 is 5.97 Å². The predicted octanol–water partition coefficient (Wildman–Crippen LogP) is 3.32. The van der Waals surface area contributed by atoms with Gasteiger partial charge in [-0.05, 0) is 55.5 Å². The van der Waals surface area contributed by atoms with Gasteiger partial charge in [0.2, 0.25) is 5.91 Å². The van der Waals surface area contributed by atoms with Crippen LogP contribution in [0.2, 0.25) is 0 Å². The molecule has 34 heavy (non-hydrogen) atoms. The van der Waals surface area contributed by atoms with E-state index in [4.69, 9.17) is 0 Å². The highest BCUT2D eigenvalue weighted by Crippen LogP contribution is 2.36. The number of hydrogen-bond donors (Lipinski definition) is 2. The number of benzene rings is 1. The molecule has 2 aromatic rings. The van der Waals surface area contributed by atoms with Crippen LogP contribution in [0.15, 0.2) is 41.2 Å². The van der Waals surface area contributed by atoms with Gasteiger partial charge in [0.1, 0.15) is 5.69 Å². The molecular weight excluding hydrogens is 434 g/mol. The molecule has 2 N–H and O–H groups in total. The third kappa shape index (κ3) is 4.24. The summed E-state index contributed by atoms with van der Waals surface area (Å²) in [5.74, 6) is -1.19. The lowest BCUT2D eigenvalue weighted by Gasteiger charge is -2.43. The van der Waals surface area contributed by atoms with E-state index in [2.05, 4.69) is 5.32 Å². The summed E-state index contributed by atoms with van der Waals surface area (Å²) in [5.41, 5.74) is 1.48. The maximum absolute atomic E-state index is 13.2. The number of hydrogen-bond acceptors (Lipinski definition) is 4. The van der Waals surface area contributed by atoms with Crippen LogP contribution in [0.3, 0.4) is 0 Å². The Kier molecular flexibility index (Phi) is 5.98. The third-order valence-electron chi connectivity index (χ3n) is 7.48. The maximum Gasteiger partial charge on any atom is 0.335 e. The first-order chi connectivity index (χ1) is 16.4. The topological polar surface area (TPSA) is 109 Å². The van der Waals surface area contributed by atoms with E-state index in [1.165, 1.54) is 18.6 Å². The molecule has 2 bridgehead atoms. The molecule has 1 aromatic heterocycles. The zero-order valence-corrected chi connectivity index (χ0v) is 19.0. The number of aromatic carboxylic acids is 1. The molecule has 0 unspecified atom stereocenters. The van der Waals surface area contributed by atoms with Crippen LogP contribution in [-0.2, 0) is 11.3 Å². The van der Waals surface area contributed by atoms with Crippen LogP contribution in [0.25, 0.3) is 0 Å². The quantitative estimate of drug-likeness (QED) is 0.723. The summed E-state index contributed by atoms with van der Waals surface area (Å²) >= 11 is 0. The van der Waals surface area contributed by atoms with Crippen molar-refractivity contribution in [2.45, 2.75) is 51.0 Å². The summed E-state index contributed by atoms with van der Waals surface area (Å²) in [4.78, 5) is 52.1. The molecule has 1 aliphatic carbocycles. The van der Waals surface area contributed by atoms with Crippen molar-refractivity contribution in [1.29, 1.82) is 0 Å². The highest BCUT2D eigenvalue weighted by atomic mass is 16.4. The van der Waals surface area contributed by atoms with Crippen molar-refractivity contribution < 1.29 is 19.5 Å². The van der Waals surface area contributed by atoms with Gasteiger partial charge in [-0.1, -0.05) is 25.3 Å². The molecule has 0 spiro atoms. The highest BCUT2D eigenvalue weighted by molar-refractivity contribution is 5.97. The summed E-state index contributed by atoms with van der Waals surface area (Å²) in [5, 5.41) is 12.1. The molecule has 0 radical (unpaired) electrons. The minimum atomic E-state index is -1.06. The zero-order chi connectivity index (χ0) is 23.8. The fourth-order valence-corrected chi connectivity index (χ4v) is 5.77. The van der Waals surface area contributed by atoms with Crippen molar-refractivity contribution in [3.05, 3.63) is 63.6 Å². The van der Waals surface area contributed by atoms with Crippen LogP contribution in [0, 0.1) is 11.8 Å². The number of nitrogens with zero attached hydrogens (tertiary/aromatic N) is 2. The van der Waals surface area contributed by atoms with Gasteiger partial charge in [0.15, 0.2) is 0 Å². The lowest BCUT2D eigenvalue weighted by molar-refractivity contribution is -0.120. The molecular formula is C26H29N3O5. The van der Waals surface area contributed by atoms with E-state index < -0.39 is 5.97 Å². The van der Waals surface area contributed by atoms with Gasteiger partial charge in [-0.2, -0.15) is 0 Å². The summed E-state index contributed by atoms with van der Waals surface area (Å²) in [6, 6.07) is 9.70. The number of amides is 2. The second kappa shape index (κ2) is 9.08.